The SMILES string of the molecule is CC1CC1C(=O)Nc1cccc(C(=O)Nc2cccc([N+](=O)[O-])c2)c1. The summed E-state index contributed by atoms with van der Waals surface area (Å²) in [5, 5.41) is 16.2. The molecule has 0 spiro atoms. The minimum Gasteiger partial charge on any atom is -0.326 e. The second-order valence-corrected chi connectivity index (χ2v) is 6.15. The summed E-state index contributed by atoms with van der Waals surface area (Å²) in [5.41, 5.74) is 1.14. The summed E-state index contributed by atoms with van der Waals surface area (Å²) in [5.74, 6) is 0.00262. The third-order valence-corrected chi connectivity index (χ3v) is 4.15. The Hall–Kier alpha value is -3.22. The van der Waals surface area contributed by atoms with E-state index < -0.39 is 10.8 Å². The first-order valence-electron chi connectivity index (χ1n) is 7.91. The van der Waals surface area contributed by atoms with Crippen LogP contribution in [0.3, 0.4) is 0 Å². The van der Waals surface area contributed by atoms with Crippen molar-refractivity contribution in [2.24, 2.45) is 11.8 Å². The lowest BCUT2D eigenvalue weighted by atomic mass is 10.1. The van der Waals surface area contributed by atoms with E-state index in [1.54, 1.807) is 30.3 Å². The van der Waals surface area contributed by atoms with Gasteiger partial charge in [0.15, 0.2) is 0 Å². The fraction of sp³-hybridized carbons (Fsp3) is 0.222. The molecule has 2 aromatic carbocycles. The molecule has 0 heterocycles. The Labute approximate surface area is 144 Å². The van der Waals surface area contributed by atoms with Gasteiger partial charge in [-0.2, -0.15) is 0 Å². The summed E-state index contributed by atoms with van der Waals surface area (Å²) in [7, 11) is 0. The normalized spacial score (nSPS) is 18.3. The minimum absolute atomic E-state index is 0.0382. The van der Waals surface area contributed by atoms with Crippen molar-refractivity contribution in [2.45, 2.75) is 13.3 Å². The van der Waals surface area contributed by atoms with Gasteiger partial charge in [0.1, 0.15) is 0 Å². The molecule has 1 fully saturated rings. The van der Waals surface area contributed by atoms with E-state index in [0.717, 1.165) is 6.42 Å². The van der Waals surface area contributed by atoms with Crippen molar-refractivity contribution in [3.05, 3.63) is 64.2 Å². The molecule has 7 nitrogen and oxygen atoms in total. The molecule has 0 aliphatic heterocycles. The average Bonchev–Trinajstić information content (AvgIpc) is 3.32. The van der Waals surface area contributed by atoms with Gasteiger partial charge >= 0.3 is 0 Å². The number of rotatable bonds is 5. The highest BCUT2D eigenvalue weighted by molar-refractivity contribution is 6.05. The number of nitrogens with zero attached hydrogens (tertiary/aromatic N) is 1. The Bertz CT molecular complexity index is 850. The smallest absolute Gasteiger partial charge is 0.271 e. The number of amides is 2. The minimum atomic E-state index is -0.523. The van der Waals surface area contributed by atoms with E-state index in [0.29, 0.717) is 22.9 Å². The summed E-state index contributed by atoms with van der Waals surface area (Å²) >= 11 is 0. The molecule has 2 atom stereocenters. The first kappa shape index (κ1) is 16.6. The van der Waals surface area contributed by atoms with Crippen molar-refractivity contribution < 1.29 is 14.5 Å². The molecule has 128 valence electrons. The Morgan fingerprint density at radius 2 is 1.72 bits per heavy atom. The van der Waals surface area contributed by atoms with E-state index in [2.05, 4.69) is 10.6 Å². The van der Waals surface area contributed by atoms with Gasteiger partial charge in [0.25, 0.3) is 11.6 Å². The molecule has 2 N–H and O–H groups in total. The van der Waals surface area contributed by atoms with E-state index in [1.165, 1.54) is 18.2 Å². The average molecular weight is 339 g/mol. The van der Waals surface area contributed by atoms with Gasteiger partial charge in [-0.05, 0) is 36.6 Å². The van der Waals surface area contributed by atoms with Crippen LogP contribution in [0.5, 0.6) is 0 Å². The molecule has 3 rings (SSSR count). The second-order valence-electron chi connectivity index (χ2n) is 6.15. The van der Waals surface area contributed by atoms with Crippen LogP contribution in [0.1, 0.15) is 23.7 Å². The number of hydrogen-bond acceptors (Lipinski definition) is 4. The lowest BCUT2D eigenvalue weighted by Crippen LogP contribution is -2.16. The van der Waals surface area contributed by atoms with Crippen LogP contribution in [0.4, 0.5) is 17.1 Å². The first-order valence-corrected chi connectivity index (χ1v) is 7.91. The van der Waals surface area contributed by atoms with Crippen LogP contribution in [-0.4, -0.2) is 16.7 Å². The van der Waals surface area contributed by atoms with Crippen molar-refractivity contribution >= 4 is 28.9 Å². The van der Waals surface area contributed by atoms with Crippen LogP contribution in [0.2, 0.25) is 0 Å². The third-order valence-electron chi connectivity index (χ3n) is 4.15. The van der Waals surface area contributed by atoms with Gasteiger partial charge in [-0.3, -0.25) is 19.7 Å². The van der Waals surface area contributed by atoms with Crippen LogP contribution >= 0.6 is 0 Å². The Balaban J connectivity index is 1.70. The monoisotopic (exact) mass is 339 g/mol. The Morgan fingerprint density at radius 1 is 1.08 bits per heavy atom. The lowest BCUT2D eigenvalue weighted by molar-refractivity contribution is -0.384. The van der Waals surface area contributed by atoms with E-state index in [-0.39, 0.29) is 17.5 Å². The zero-order valence-corrected chi connectivity index (χ0v) is 13.6. The van der Waals surface area contributed by atoms with E-state index in [4.69, 9.17) is 0 Å². The fourth-order valence-corrected chi connectivity index (χ4v) is 2.56. The van der Waals surface area contributed by atoms with Gasteiger partial charge in [0.2, 0.25) is 5.91 Å². The maximum atomic E-state index is 12.3. The van der Waals surface area contributed by atoms with Crippen molar-refractivity contribution in [1.29, 1.82) is 0 Å². The van der Waals surface area contributed by atoms with Gasteiger partial charge in [-0.15, -0.1) is 0 Å². The van der Waals surface area contributed by atoms with Crippen LogP contribution in [-0.2, 0) is 4.79 Å². The molecule has 0 saturated heterocycles. The molecule has 2 unspecified atom stereocenters. The van der Waals surface area contributed by atoms with E-state index >= 15 is 0 Å². The van der Waals surface area contributed by atoms with Crippen LogP contribution in [0, 0.1) is 22.0 Å². The van der Waals surface area contributed by atoms with Gasteiger partial charge < -0.3 is 10.6 Å². The highest BCUT2D eigenvalue weighted by atomic mass is 16.6. The number of hydrogen-bond donors (Lipinski definition) is 2. The van der Waals surface area contributed by atoms with Crippen molar-refractivity contribution in [2.75, 3.05) is 10.6 Å². The maximum absolute atomic E-state index is 12.3. The number of nitrogens with one attached hydrogen (secondary N) is 2. The van der Waals surface area contributed by atoms with Gasteiger partial charge in [0.05, 0.1) is 4.92 Å². The Kier molecular flexibility index (Phi) is 4.47. The lowest BCUT2D eigenvalue weighted by Gasteiger charge is -2.08. The molecule has 2 aromatic rings. The molecule has 2 amide bonds. The number of carbonyl (C=O) groups is 2. The number of nitro benzene ring substituents is 1. The summed E-state index contributed by atoms with van der Waals surface area (Å²) in [4.78, 5) is 34.6. The number of non-ortho nitro benzene ring substituents is 1. The van der Waals surface area contributed by atoms with Crippen molar-refractivity contribution in [1.82, 2.24) is 0 Å². The first-order chi connectivity index (χ1) is 11.9. The van der Waals surface area contributed by atoms with Gasteiger partial charge in [0, 0.05) is 35.0 Å². The van der Waals surface area contributed by atoms with Crippen molar-refractivity contribution in [3.63, 3.8) is 0 Å². The summed E-state index contributed by atoms with van der Waals surface area (Å²) in [6, 6.07) is 12.3. The van der Waals surface area contributed by atoms with E-state index in [9.17, 15) is 19.7 Å². The number of carbonyl (C=O) groups excluding carboxylic acids is 2. The molecule has 1 aliphatic carbocycles. The number of nitro groups is 1. The fourth-order valence-electron chi connectivity index (χ4n) is 2.56. The largest absolute Gasteiger partial charge is 0.326 e. The zero-order chi connectivity index (χ0) is 18.0. The van der Waals surface area contributed by atoms with Gasteiger partial charge in [-0.25, -0.2) is 0 Å². The highest BCUT2D eigenvalue weighted by Gasteiger charge is 2.39. The predicted molar refractivity (Wildman–Crippen MR) is 93.4 cm³/mol. The van der Waals surface area contributed by atoms with Crippen LogP contribution in [0.15, 0.2) is 48.5 Å². The number of benzene rings is 2. The predicted octanol–water partition coefficient (Wildman–Crippen LogP) is 3.44. The van der Waals surface area contributed by atoms with Crippen LogP contribution in [0.25, 0.3) is 0 Å². The molecular formula is C18H17N3O4. The third kappa shape index (κ3) is 4.00. The quantitative estimate of drug-likeness (QED) is 0.643. The van der Waals surface area contributed by atoms with E-state index in [1.807, 2.05) is 6.92 Å². The molecule has 1 saturated carbocycles. The number of anilines is 2. The standard InChI is InChI=1S/C18H17N3O4/c1-11-8-16(11)18(23)20-13-5-2-4-12(9-13)17(22)19-14-6-3-7-15(10-14)21(24)25/h2-7,9-11,16H,8H2,1H3,(H,19,22)(H,20,23). The molecule has 0 bridgehead atoms. The molecule has 0 radical (unpaired) electrons. The summed E-state index contributed by atoms with van der Waals surface area (Å²) in [6.45, 7) is 2.02. The molecule has 1 aliphatic rings. The molecule has 7 heteroatoms. The second kappa shape index (κ2) is 6.72. The van der Waals surface area contributed by atoms with Crippen LogP contribution < -0.4 is 10.6 Å². The van der Waals surface area contributed by atoms with Crippen molar-refractivity contribution in [3.8, 4) is 0 Å². The molecule has 0 aromatic heterocycles. The zero-order valence-electron chi connectivity index (χ0n) is 13.6. The molecular weight excluding hydrogens is 322 g/mol. The summed E-state index contributed by atoms with van der Waals surface area (Å²) < 4.78 is 0. The maximum Gasteiger partial charge on any atom is 0.271 e. The Morgan fingerprint density at radius 3 is 2.36 bits per heavy atom. The highest BCUT2D eigenvalue weighted by Crippen LogP contribution is 2.38. The topological polar surface area (TPSA) is 101 Å². The van der Waals surface area contributed by atoms with Gasteiger partial charge in [-0.1, -0.05) is 19.1 Å². The molecule has 25 heavy (non-hydrogen) atoms. The summed E-state index contributed by atoms with van der Waals surface area (Å²) in [6.07, 6.45) is 0.888.